The van der Waals surface area contributed by atoms with E-state index in [2.05, 4.69) is 5.32 Å². The number of benzene rings is 1. The van der Waals surface area contributed by atoms with E-state index in [0.29, 0.717) is 64.3 Å². The van der Waals surface area contributed by atoms with Crippen molar-refractivity contribution in [1.82, 2.24) is 9.80 Å². The molecule has 0 spiro atoms. The molecule has 2 aliphatic heterocycles. The lowest BCUT2D eigenvalue weighted by Crippen LogP contribution is -2.47. The Labute approximate surface area is 183 Å². The number of rotatable bonds is 4. The van der Waals surface area contributed by atoms with E-state index < -0.39 is 11.7 Å². The highest BCUT2D eigenvalue weighted by Crippen LogP contribution is 2.21. The molecular weight excluding hydrogens is 398 g/mol. The molecule has 2 aliphatic rings. The minimum atomic E-state index is -0.559. The van der Waals surface area contributed by atoms with E-state index in [1.54, 1.807) is 12.1 Å². The number of carbonyl (C=O) groups excluding carboxylic acids is 3. The van der Waals surface area contributed by atoms with Crippen LogP contribution in [0.4, 0.5) is 10.5 Å². The average Bonchev–Trinajstić information content (AvgIpc) is 2.74. The van der Waals surface area contributed by atoms with E-state index in [-0.39, 0.29) is 17.7 Å². The maximum Gasteiger partial charge on any atom is 0.412 e. The van der Waals surface area contributed by atoms with Gasteiger partial charge in [-0.15, -0.1) is 0 Å². The van der Waals surface area contributed by atoms with Crippen molar-refractivity contribution in [2.45, 2.75) is 45.6 Å². The van der Waals surface area contributed by atoms with Gasteiger partial charge < -0.3 is 19.3 Å². The van der Waals surface area contributed by atoms with Gasteiger partial charge in [0.2, 0.25) is 11.8 Å². The van der Waals surface area contributed by atoms with Crippen LogP contribution in [0.25, 0.3) is 0 Å². The van der Waals surface area contributed by atoms with Crippen LogP contribution >= 0.6 is 0 Å². The lowest BCUT2D eigenvalue weighted by molar-refractivity contribution is -0.143. The normalized spacial score (nSPS) is 17.9. The molecule has 0 aromatic heterocycles. The van der Waals surface area contributed by atoms with Crippen molar-refractivity contribution in [3.05, 3.63) is 29.8 Å². The molecule has 2 saturated heterocycles. The summed E-state index contributed by atoms with van der Waals surface area (Å²) in [6, 6.07) is 7.19. The molecule has 170 valence electrons. The number of anilines is 1. The number of morpholine rings is 1. The highest BCUT2D eigenvalue weighted by molar-refractivity contribution is 5.85. The van der Waals surface area contributed by atoms with Crippen LogP contribution in [0.1, 0.15) is 39.2 Å². The molecule has 0 saturated carbocycles. The number of amides is 3. The summed E-state index contributed by atoms with van der Waals surface area (Å²) >= 11 is 0. The number of likely N-dealkylation sites (tertiary alicyclic amines) is 1. The fourth-order valence-corrected chi connectivity index (χ4v) is 3.83. The van der Waals surface area contributed by atoms with Crippen LogP contribution in [0.5, 0.6) is 0 Å². The summed E-state index contributed by atoms with van der Waals surface area (Å²) in [5.74, 6) is 0.258. The molecule has 2 heterocycles. The summed E-state index contributed by atoms with van der Waals surface area (Å²) in [4.78, 5) is 40.9. The summed E-state index contributed by atoms with van der Waals surface area (Å²) in [6.07, 6.45) is 1.21. The molecule has 0 aliphatic carbocycles. The van der Waals surface area contributed by atoms with E-state index in [0.717, 1.165) is 5.56 Å². The Morgan fingerprint density at radius 1 is 1.00 bits per heavy atom. The fourth-order valence-electron chi connectivity index (χ4n) is 3.83. The molecule has 1 aromatic rings. The zero-order chi connectivity index (χ0) is 22.4. The number of nitrogens with zero attached hydrogens (tertiary/aromatic N) is 2. The van der Waals surface area contributed by atoms with Gasteiger partial charge in [0, 0.05) is 37.8 Å². The van der Waals surface area contributed by atoms with Crippen molar-refractivity contribution in [1.29, 1.82) is 0 Å². The number of ether oxygens (including phenoxy) is 2. The fraction of sp³-hybridized carbons (Fsp3) is 0.609. The maximum absolute atomic E-state index is 12.7. The van der Waals surface area contributed by atoms with Crippen LogP contribution in [0.3, 0.4) is 0 Å². The predicted molar refractivity (Wildman–Crippen MR) is 117 cm³/mol. The highest BCUT2D eigenvalue weighted by Gasteiger charge is 2.30. The monoisotopic (exact) mass is 431 g/mol. The molecule has 3 rings (SSSR count). The Morgan fingerprint density at radius 3 is 2.19 bits per heavy atom. The minimum Gasteiger partial charge on any atom is -0.444 e. The Kier molecular flexibility index (Phi) is 7.54. The van der Waals surface area contributed by atoms with Gasteiger partial charge in [-0.3, -0.25) is 14.9 Å². The molecule has 31 heavy (non-hydrogen) atoms. The molecular formula is C23H33N3O5. The summed E-state index contributed by atoms with van der Waals surface area (Å²) < 4.78 is 10.5. The molecule has 8 heteroatoms. The van der Waals surface area contributed by atoms with Gasteiger partial charge in [-0.25, -0.2) is 4.79 Å². The Morgan fingerprint density at radius 2 is 1.61 bits per heavy atom. The van der Waals surface area contributed by atoms with E-state index in [1.165, 1.54) is 0 Å². The molecule has 2 fully saturated rings. The summed E-state index contributed by atoms with van der Waals surface area (Å²) in [5, 5.41) is 2.68. The first-order valence-corrected chi connectivity index (χ1v) is 10.9. The smallest absolute Gasteiger partial charge is 0.412 e. The second-order valence-corrected chi connectivity index (χ2v) is 9.09. The van der Waals surface area contributed by atoms with Crippen molar-refractivity contribution in [2.75, 3.05) is 44.7 Å². The van der Waals surface area contributed by atoms with Crippen molar-refractivity contribution < 1.29 is 23.9 Å². The third kappa shape index (κ3) is 6.95. The van der Waals surface area contributed by atoms with Gasteiger partial charge in [-0.1, -0.05) is 12.1 Å². The van der Waals surface area contributed by atoms with Crippen molar-refractivity contribution in [3.63, 3.8) is 0 Å². The standard InChI is InChI=1S/C23H33N3O5/c1-23(2,3)31-22(29)24-19-6-4-17(5-7-19)16-20(27)25-10-8-18(9-11-25)21(28)26-12-14-30-15-13-26/h4-7,18H,8-16H2,1-3H3,(H,24,29). The topological polar surface area (TPSA) is 88.2 Å². The number of piperidine rings is 1. The van der Waals surface area contributed by atoms with E-state index >= 15 is 0 Å². The van der Waals surface area contributed by atoms with E-state index in [4.69, 9.17) is 9.47 Å². The zero-order valence-electron chi connectivity index (χ0n) is 18.7. The van der Waals surface area contributed by atoms with Crippen LogP contribution in [-0.2, 0) is 25.5 Å². The van der Waals surface area contributed by atoms with Crippen LogP contribution in [0.15, 0.2) is 24.3 Å². The summed E-state index contributed by atoms with van der Waals surface area (Å²) in [5.41, 5.74) is 0.940. The van der Waals surface area contributed by atoms with Crippen LogP contribution < -0.4 is 5.32 Å². The number of hydrogen-bond donors (Lipinski definition) is 1. The molecule has 0 bridgehead atoms. The molecule has 3 amide bonds. The van der Waals surface area contributed by atoms with Crippen molar-refractivity contribution in [3.8, 4) is 0 Å². The van der Waals surface area contributed by atoms with Crippen molar-refractivity contribution >= 4 is 23.6 Å². The van der Waals surface area contributed by atoms with E-state index in [1.807, 2.05) is 42.7 Å². The van der Waals surface area contributed by atoms with Gasteiger partial charge >= 0.3 is 6.09 Å². The van der Waals surface area contributed by atoms with Gasteiger partial charge in [0.15, 0.2) is 0 Å². The van der Waals surface area contributed by atoms with Gasteiger partial charge in [0.25, 0.3) is 0 Å². The Balaban J connectivity index is 1.44. The average molecular weight is 432 g/mol. The molecule has 1 aromatic carbocycles. The van der Waals surface area contributed by atoms with Crippen LogP contribution in [0, 0.1) is 5.92 Å². The van der Waals surface area contributed by atoms with Gasteiger partial charge in [-0.05, 0) is 51.3 Å². The lowest BCUT2D eigenvalue weighted by atomic mass is 9.94. The first-order valence-electron chi connectivity index (χ1n) is 10.9. The van der Waals surface area contributed by atoms with Crippen molar-refractivity contribution in [2.24, 2.45) is 5.92 Å². The van der Waals surface area contributed by atoms with Gasteiger partial charge in [0.1, 0.15) is 5.60 Å². The molecule has 0 radical (unpaired) electrons. The first kappa shape index (κ1) is 23.1. The van der Waals surface area contributed by atoms with Gasteiger partial charge in [0.05, 0.1) is 19.6 Å². The number of carbonyl (C=O) groups is 3. The van der Waals surface area contributed by atoms with E-state index in [9.17, 15) is 14.4 Å². The molecule has 1 N–H and O–H groups in total. The molecule has 0 unspecified atom stereocenters. The summed E-state index contributed by atoms with van der Waals surface area (Å²) in [7, 11) is 0. The second-order valence-electron chi connectivity index (χ2n) is 9.09. The number of nitrogens with one attached hydrogen (secondary N) is 1. The predicted octanol–water partition coefficient (Wildman–Crippen LogP) is 2.67. The first-order chi connectivity index (χ1) is 14.7. The molecule has 8 nitrogen and oxygen atoms in total. The Hall–Kier alpha value is -2.61. The Bertz CT molecular complexity index is 773. The van der Waals surface area contributed by atoms with Crippen LogP contribution in [-0.4, -0.2) is 72.7 Å². The largest absolute Gasteiger partial charge is 0.444 e. The lowest BCUT2D eigenvalue weighted by Gasteiger charge is -2.35. The number of hydrogen-bond acceptors (Lipinski definition) is 5. The minimum absolute atomic E-state index is 0.000335. The SMILES string of the molecule is CC(C)(C)OC(=O)Nc1ccc(CC(=O)N2CCC(C(=O)N3CCOCC3)CC2)cc1. The third-order valence-corrected chi connectivity index (χ3v) is 5.47. The van der Waals surface area contributed by atoms with Gasteiger partial charge in [-0.2, -0.15) is 0 Å². The zero-order valence-corrected chi connectivity index (χ0v) is 18.7. The van der Waals surface area contributed by atoms with Crippen LogP contribution in [0.2, 0.25) is 0 Å². The highest BCUT2D eigenvalue weighted by atomic mass is 16.6. The third-order valence-electron chi connectivity index (χ3n) is 5.47. The summed E-state index contributed by atoms with van der Waals surface area (Å²) in [6.45, 7) is 9.18. The quantitative estimate of drug-likeness (QED) is 0.792. The maximum atomic E-state index is 12.7. The molecule has 0 atom stereocenters. The second kappa shape index (κ2) is 10.1.